The van der Waals surface area contributed by atoms with Gasteiger partial charge in [-0.2, -0.15) is 0 Å². The van der Waals surface area contributed by atoms with Gasteiger partial charge in [-0.05, 0) is 39.0 Å². The highest BCUT2D eigenvalue weighted by Crippen LogP contribution is 2.28. The summed E-state index contributed by atoms with van der Waals surface area (Å²) in [5, 5.41) is 3.50. The van der Waals surface area contributed by atoms with E-state index in [9.17, 15) is 4.79 Å². The molecule has 1 unspecified atom stereocenters. The monoisotopic (exact) mass is 271 g/mol. The lowest BCUT2D eigenvalue weighted by Gasteiger charge is -2.15. The minimum absolute atomic E-state index is 0.0651. The second kappa shape index (κ2) is 6.50. The van der Waals surface area contributed by atoms with Crippen LogP contribution in [0.15, 0.2) is 18.2 Å². The molecule has 0 saturated heterocycles. The number of hydrogen-bond donors (Lipinski definition) is 1. The van der Waals surface area contributed by atoms with E-state index in [-0.39, 0.29) is 12.1 Å². The van der Waals surface area contributed by atoms with Gasteiger partial charge in [0.2, 0.25) is 0 Å². The predicted molar refractivity (Wildman–Crippen MR) is 72.3 cm³/mol. The Morgan fingerprint density at radius 1 is 1.33 bits per heavy atom. The second-order valence-electron chi connectivity index (χ2n) is 4.20. The summed E-state index contributed by atoms with van der Waals surface area (Å²) in [7, 11) is 1.35. The van der Waals surface area contributed by atoms with Crippen molar-refractivity contribution in [2.75, 3.05) is 12.4 Å². The van der Waals surface area contributed by atoms with E-state index in [1.54, 1.807) is 19.1 Å². The van der Waals surface area contributed by atoms with E-state index >= 15 is 0 Å². The molecule has 0 heterocycles. The summed E-state index contributed by atoms with van der Waals surface area (Å²) in [5.41, 5.74) is 0.744. The Labute approximate surface area is 112 Å². The second-order valence-corrected chi connectivity index (χ2v) is 4.61. The number of hydrogen-bond acceptors (Lipinski definition) is 4. The molecule has 18 heavy (non-hydrogen) atoms. The molecule has 0 fully saturated rings. The molecule has 0 radical (unpaired) electrons. The van der Waals surface area contributed by atoms with Crippen molar-refractivity contribution in [3.63, 3.8) is 0 Å². The van der Waals surface area contributed by atoms with E-state index in [1.165, 1.54) is 7.11 Å². The number of ether oxygens (including phenoxy) is 2. The molecule has 1 atom stereocenters. The molecular weight excluding hydrogens is 254 g/mol. The van der Waals surface area contributed by atoms with Gasteiger partial charge in [-0.1, -0.05) is 11.6 Å². The maximum Gasteiger partial charge on any atom is 0.327 e. The lowest BCUT2D eigenvalue weighted by Crippen LogP contribution is -2.27. The molecule has 0 aliphatic carbocycles. The third-order valence-corrected chi connectivity index (χ3v) is 2.53. The van der Waals surface area contributed by atoms with E-state index in [2.05, 4.69) is 10.1 Å². The molecule has 0 aliphatic rings. The van der Waals surface area contributed by atoms with Gasteiger partial charge in [-0.3, -0.25) is 0 Å². The first-order valence-corrected chi connectivity index (χ1v) is 6.12. The van der Waals surface area contributed by atoms with E-state index in [0.717, 1.165) is 5.69 Å². The van der Waals surface area contributed by atoms with Crippen molar-refractivity contribution in [2.45, 2.75) is 32.9 Å². The summed E-state index contributed by atoms with van der Waals surface area (Å²) in [6.45, 7) is 5.59. The van der Waals surface area contributed by atoms with Crippen LogP contribution in [0.4, 0.5) is 5.69 Å². The normalized spacial score (nSPS) is 12.1. The Kier molecular flexibility index (Phi) is 5.28. The maximum atomic E-state index is 11.3. The molecule has 1 N–H and O–H groups in total. The van der Waals surface area contributed by atoms with E-state index in [0.29, 0.717) is 10.8 Å². The van der Waals surface area contributed by atoms with Crippen molar-refractivity contribution in [3.8, 4) is 5.75 Å². The van der Waals surface area contributed by atoms with Gasteiger partial charge in [0.05, 0.1) is 18.2 Å². The number of carbonyl (C=O) groups is 1. The fourth-order valence-electron chi connectivity index (χ4n) is 1.43. The predicted octanol–water partition coefficient (Wildman–Crippen LogP) is 3.10. The SMILES string of the molecule is COC(=O)C(C)Nc1ccc(OC(C)C)c(Cl)c1. The number of carbonyl (C=O) groups excluding carboxylic acids is 1. The van der Waals surface area contributed by atoms with Crippen LogP contribution in [0.25, 0.3) is 0 Å². The van der Waals surface area contributed by atoms with Crippen molar-refractivity contribution >= 4 is 23.3 Å². The molecule has 0 aromatic heterocycles. The van der Waals surface area contributed by atoms with Gasteiger partial charge in [0.1, 0.15) is 11.8 Å². The zero-order chi connectivity index (χ0) is 13.7. The molecule has 0 amide bonds. The molecule has 0 spiro atoms. The largest absolute Gasteiger partial charge is 0.489 e. The van der Waals surface area contributed by atoms with Gasteiger partial charge in [-0.25, -0.2) is 4.79 Å². The average molecular weight is 272 g/mol. The Hall–Kier alpha value is -1.42. The summed E-state index contributed by atoms with van der Waals surface area (Å²) in [6.07, 6.45) is 0.0651. The Morgan fingerprint density at radius 3 is 2.50 bits per heavy atom. The van der Waals surface area contributed by atoms with Gasteiger partial charge in [0.25, 0.3) is 0 Å². The van der Waals surface area contributed by atoms with Gasteiger partial charge < -0.3 is 14.8 Å². The number of esters is 1. The minimum Gasteiger partial charge on any atom is -0.489 e. The molecule has 0 saturated carbocycles. The summed E-state index contributed by atoms with van der Waals surface area (Å²) in [5.74, 6) is 0.302. The molecule has 5 heteroatoms. The van der Waals surface area contributed by atoms with Crippen molar-refractivity contribution in [1.82, 2.24) is 0 Å². The van der Waals surface area contributed by atoms with E-state index in [4.69, 9.17) is 16.3 Å². The molecule has 4 nitrogen and oxygen atoms in total. The van der Waals surface area contributed by atoms with E-state index in [1.807, 2.05) is 19.9 Å². The lowest BCUT2D eigenvalue weighted by molar-refractivity contribution is -0.141. The summed E-state index contributed by atoms with van der Waals surface area (Å²) in [6, 6.07) is 4.87. The number of benzene rings is 1. The summed E-state index contributed by atoms with van der Waals surface area (Å²) in [4.78, 5) is 11.3. The highest BCUT2D eigenvalue weighted by Gasteiger charge is 2.13. The van der Waals surface area contributed by atoms with E-state index < -0.39 is 6.04 Å². The van der Waals surface area contributed by atoms with Crippen LogP contribution in [0.2, 0.25) is 5.02 Å². The topological polar surface area (TPSA) is 47.6 Å². The first-order valence-electron chi connectivity index (χ1n) is 5.74. The quantitative estimate of drug-likeness (QED) is 0.836. The first kappa shape index (κ1) is 14.6. The van der Waals surface area contributed by atoms with Crippen LogP contribution in [0.5, 0.6) is 5.75 Å². The van der Waals surface area contributed by atoms with Crippen molar-refractivity contribution < 1.29 is 14.3 Å². The minimum atomic E-state index is -0.428. The number of halogens is 1. The summed E-state index contributed by atoms with van der Waals surface area (Å²) >= 11 is 6.09. The van der Waals surface area contributed by atoms with Crippen LogP contribution in [0, 0.1) is 0 Å². The van der Waals surface area contributed by atoms with Crippen LogP contribution >= 0.6 is 11.6 Å². The average Bonchev–Trinajstić information content (AvgIpc) is 2.31. The van der Waals surface area contributed by atoms with Crippen molar-refractivity contribution in [3.05, 3.63) is 23.2 Å². The molecule has 100 valence electrons. The maximum absolute atomic E-state index is 11.3. The number of rotatable bonds is 5. The Morgan fingerprint density at radius 2 is 2.00 bits per heavy atom. The zero-order valence-electron chi connectivity index (χ0n) is 11.0. The van der Waals surface area contributed by atoms with Crippen molar-refractivity contribution in [2.24, 2.45) is 0 Å². The molecule has 1 aromatic rings. The molecule has 1 rings (SSSR count). The first-order chi connectivity index (χ1) is 8.43. The van der Waals surface area contributed by atoms with Gasteiger partial charge in [-0.15, -0.1) is 0 Å². The Bertz CT molecular complexity index is 421. The fraction of sp³-hybridized carbons (Fsp3) is 0.462. The van der Waals surface area contributed by atoms with Gasteiger partial charge >= 0.3 is 5.97 Å². The standard InChI is InChI=1S/C13H18ClNO3/c1-8(2)18-12-6-5-10(7-11(12)14)15-9(3)13(16)17-4/h5-9,15H,1-4H3. The molecular formula is C13H18ClNO3. The van der Waals surface area contributed by atoms with Crippen LogP contribution in [-0.2, 0) is 9.53 Å². The van der Waals surface area contributed by atoms with Crippen LogP contribution in [0.3, 0.4) is 0 Å². The smallest absolute Gasteiger partial charge is 0.327 e. The van der Waals surface area contributed by atoms with Gasteiger partial charge in [0, 0.05) is 5.69 Å². The molecule has 0 bridgehead atoms. The van der Waals surface area contributed by atoms with Crippen molar-refractivity contribution in [1.29, 1.82) is 0 Å². The van der Waals surface area contributed by atoms with Crippen LogP contribution < -0.4 is 10.1 Å². The highest BCUT2D eigenvalue weighted by atomic mass is 35.5. The number of methoxy groups -OCH3 is 1. The zero-order valence-corrected chi connectivity index (χ0v) is 11.7. The summed E-state index contributed by atoms with van der Waals surface area (Å²) < 4.78 is 10.2. The number of anilines is 1. The highest BCUT2D eigenvalue weighted by molar-refractivity contribution is 6.32. The van der Waals surface area contributed by atoms with Gasteiger partial charge in [0.15, 0.2) is 0 Å². The fourth-order valence-corrected chi connectivity index (χ4v) is 1.65. The third-order valence-electron chi connectivity index (χ3n) is 2.23. The number of nitrogens with one attached hydrogen (secondary N) is 1. The van der Waals surface area contributed by atoms with Crippen LogP contribution in [0.1, 0.15) is 20.8 Å². The Balaban J connectivity index is 2.75. The third kappa shape index (κ3) is 4.11. The lowest BCUT2D eigenvalue weighted by atomic mass is 10.2. The molecule has 1 aromatic carbocycles. The van der Waals surface area contributed by atoms with Crippen LogP contribution in [-0.4, -0.2) is 25.2 Å². The molecule has 0 aliphatic heterocycles.